The van der Waals surface area contributed by atoms with Gasteiger partial charge in [0, 0.05) is 41.9 Å². The predicted molar refractivity (Wildman–Crippen MR) is 162 cm³/mol. The number of phenols is 1. The van der Waals surface area contributed by atoms with Crippen LogP contribution in [0.5, 0.6) is 5.75 Å². The standard InChI is InChI=1S/C31H37F3N4O4S/c1-5-30(40)37(28-16-15-24(19-29(28)39)43(4,41)42)17-7-8-23-18-25-26(35-21-11-13-22(14-12-21)36(2)3)9-6-10-27(25)38(23)20-31(32,33)34/h6,9-10,15-16,18-19,21-22,35,39H,5,11-14,17,20H2,1-4H3/t21-,22+. The largest absolute Gasteiger partial charge is 0.506 e. The number of nitrogens with one attached hydrogen (secondary N) is 1. The van der Waals surface area contributed by atoms with Crippen LogP contribution in [-0.4, -0.2) is 74.1 Å². The number of halogens is 3. The average Bonchev–Trinajstić information content (AvgIpc) is 3.27. The van der Waals surface area contributed by atoms with E-state index in [-0.39, 0.29) is 35.3 Å². The number of aromatic hydroxyl groups is 1. The molecule has 1 aliphatic carbocycles. The maximum atomic E-state index is 13.7. The van der Waals surface area contributed by atoms with E-state index in [4.69, 9.17) is 0 Å². The van der Waals surface area contributed by atoms with Gasteiger partial charge in [-0.1, -0.05) is 18.9 Å². The number of phenolic OH excluding ortho intramolecular Hbond substituents is 1. The van der Waals surface area contributed by atoms with Crippen molar-refractivity contribution in [1.29, 1.82) is 0 Å². The van der Waals surface area contributed by atoms with Crippen LogP contribution >= 0.6 is 0 Å². The van der Waals surface area contributed by atoms with Crippen molar-refractivity contribution in [2.24, 2.45) is 0 Å². The van der Waals surface area contributed by atoms with Gasteiger partial charge in [0.1, 0.15) is 12.3 Å². The van der Waals surface area contributed by atoms with E-state index in [2.05, 4.69) is 36.2 Å². The lowest BCUT2D eigenvalue weighted by Crippen LogP contribution is -2.36. The van der Waals surface area contributed by atoms with E-state index in [0.717, 1.165) is 48.3 Å². The van der Waals surface area contributed by atoms with E-state index in [1.807, 2.05) is 6.07 Å². The van der Waals surface area contributed by atoms with E-state index in [0.29, 0.717) is 16.9 Å². The Kier molecular flexibility index (Phi) is 9.66. The summed E-state index contributed by atoms with van der Waals surface area (Å²) in [6, 6.07) is 11.2. The average molecular weight is 619 g/mol. The van der Waals surface area contributed by atoms with Gasteiger partial charge in [0.05, 0.1) is 28.3 Å². The molecular weight excluding hydrogens is 581 g/mol. The lowest BCUT2D eigenvalue weighted by Gasteiger charge is -2.33. The molecule has 1 amide bonds. The molecule has 43 heavy (non-hydrogen) atoms. The molecule has 8 nitrogen and oxygen atoms in total. The first-order valence-corrected chi connectivity index (χ1v) is 16.0. The number of hydrogen-bond donors (Lipinski definition) is 2. The van der Waals surface area contributed by atoms with Crippen LogP contribution in [0.15, 0.2) is 47.4 Å². The fourth-order valence-corrected chi connectivity index (χ4v) is 6.13. The van der Waals surface area contributed by atoms with Gasteiger partial charge in [-0.2, -0.15) is 13.2 Å². The molecule has 232 valence electrons. The molecule has 1 fully saturated rings. The Morgan fingerprint density at radius 2 is 1.81 bits per heavy atom. The number of fused-ring (bicyclic) bond motifs is 1. The van der Waals surface area contributed by atoms with Gasteiger partial charge in [-0.05, 0) is 76.0 Å². The summed E-state index contributed by atoms with van der Waals surface area (Å²) in [6.45, 7) is 0.156. The summed E-state index contributed by atoms with van der Waals surface area (Å²) in [4.78, 5) is 16.0. The van der Waals surface area contributed by atoms with Crippen molar-refractivity contribution >= 4 is 38.0 Å². The zero-order valence-electron chi connectivity index (χ0n) is 24.7. The summed E-state index contributed by atoms with van der Waals surface area (Å²) in [5, 5.41) is 14.7. The van der Waals surface area contributed by atoms with Crippen molar-refractivity contribution in [2.45, 2.75) is 68.7 Å². The molecule has 0 radical (unpaired) electrons. The molecule has 0 bridgehead atoms. The van der Waals surface area contributed by atoms with Gasteiger partial charge in [-0.3, -0.25) is 9.69 Å². The van der Waals surface area contributed by atoms with Crippen LogP contribution in [0.25, 0.3) is 10.9 Å². The quantitative estimate of drug-likeness (QED) is 0.329. The van der Waals surface area contributed by atoms with Gasteiger partial charge in [-0.15, -0.1) is 0 Å². The number of nitrogens with zero attached hydrogens (tertiary/aromatic N) is 3. The van der Waals surface area contributed by atoms with Crippen molar-refractivity contribution in [2.75, 3.05) is 37.1 Å². The summed E-state index contributed by atoms with van der Waals surface area (Å²) >= 11 is 0. The highest BCUT2D eigenvalue weighted by molar-refractivity contribution is 7.90. The van der Waals surface area contributed by atoms with E-state index in [1.165, 1.54) is 17.0 Å². The smallest absolute Gasteiger partial charge is 0.406 e. The molecule has 1 saturated carbocycles. The number of anilines is 2. The maximum absolute atomic E-state index is 13.7. The lowest BCUT2D eigenvalue weighted by atomic mass is 9.90. The van der Waals surface area contributed by atoms with Crippen molar-refractivity contribution in [3.63, 3.8) is 0 Å². The first-order chi connectivity index (χ1) is 20.2. The Balaban J connectivity index is 1.66. The normalized spacial score (nSPS) is 17.5. The van der Waals surface area contributed by atoms with Crippen LogP contribution in [0.3, 0.4) is 0 Å². The molecule has 0 atom stereocenters. The molecule has 0 spiro atoms. The number of rotatable bonds is 8. The molecule has 4 rings (SSSR count). The summed E-state index contributed by atoms with van der Waals surface area (Å²) < 4.78 is 65.9. The summed E-state index contributed by atoms with van der Waals surface area (Å²) in [6.07, 6.45) is 0.544. The van der Waals surface area contributed by atoms with Crippen LogP contribution in [0.1, 0.15) is 44.7 Å². The zero-order chi connectivity index (χ0) is 31.5. The third kappa shape index (κ3) is 7.83. The van der Waals surface area contributed by atoms with Crippen molar-refractivity contribution in [3.8, 4) is 17.6 Å². The molecule has 2 aromatic carbocycles. The summed E-state index contributed by atoms with van der Waals surface area (Å²) in [5.41, 5.74) is 1.33. The molecular formula is C31H37F3N4O4S. The third-order valence-electron chi connectivity index (χ3n) is 7.79. The topological polar surface area (TPSA) is 94.9 Å². The second kappa shape index (κ2) is 12.9. The molecule has 2 N–H and O–H groups in total. The highest BCUT2D eigenvalue weighted by atomic mass is 32.2. The minimum Gasteiger partial charge on any atom is -0.506 e. The zero-order valence-corrected chi connectivity index (χ0v) is 25.5. The van der Waals surface area contributed by atoms with Crippen LogP contribution in [0.4, 0.5) is 24.5 Å². The third-order valence-corrected chi connectivity index (χ3v) is 8.90. The van der Waals surface area contributed by atoms with E-state index < -0.39 is 34.2 Å². The summed E-state index contributed by atoms with van der Waals surface area (Å²) in [7, 11) is 0.547. The highest BCUT2D eigenvalue weighted by Crippen LogP contribution is 2.33. The van der Waals surface area contributed by atoms with Crippen molar-refractivity contribution < 1.29 is 31.5 Å². The van der Waals surface area contributed by atoms with E-state index in [1.54, 1.807) is 25.1 Å². The molecule has 1 heterocycles. The van der Waals surface area contributed by atoms with Gasteiger partial charge >= 0.3 is 6.18 Å². The number of carbonyl (C=O) groups is 1. The molecule has 3 aromatic rings. The molecule has 0 aliphatic heterocycles. The molecule has 1 aliphatic rings. The number of alkyl halides is 3. The predicted octanol–water partition coefficient (Wildman–Crippen LogP) is 5.39. The van der Waals surface area contributed by atoms with E-state index in [9.17, 15) is 31.5 Å². The first kappa shape index (κ1) is 32.2. The number of carbonyl (C=O) groups excluding carboxylic acids is 1. The van der Waals surface area contributed by atoms with Crippen molar-refractivity contribution in [3.05, 3.63) is 48.2 Å². The van der Waals surface area contributed by atoms with Crippen molar-refractivity contribution in [1.82, 2.24) is 9.47 Å². The van der Waals surface area contributed by atoms with Gasteiger partial charge in [0.2, 0.25) is 5.91 Å². The second-order valence-corrected chi connectivity index (χ2v) is 13.2. The van der Waals surface area contributed by atoms with Crippen LogP contribution in [0, 0.1) is 11.8 Å². The van der Waals surface area contributed by atoms with Crippen LogP contribution in [-0.2, 0) is 21.2 Å². The molecule has 1 aromatic heterocycles. The van der Waals surface area contributed by atoms with E-state index >= 15 is 0 Å². The maximum Gasteiger partial charge on any atom is 0.406 e. The number of benzene rings is 2. The molecule has 12 heteroatoms. The van der Waals surface area contributed by atoms with Crippen LogP contribution < -0.4 is 10.2 Å². The lowest BCUT2D eigenvalue weighted by molar-refractivity contribution is -0.140. The van der Waals surface area contributed by atoms with Gasteiger partial charge in [-0.25, -0.2) is 8.42 Å². The fraction of sp³-hybridized carbons (Fsp3) is 0.452. The fourth-order valence-electron chi connectivity index (χ4n) is 5.49. The van der Waals surface area contributed by atoms with Gasteiger partial charge in [0.25, 0.3) is 0 Å². The Morgan fingerprint density at radius 3 is 2.40 bits per heavy atom. The Morgan fingerprint density at radius 1 is 1.12 bits per heavy atom. The minimum absolute atomic E-state index is 0.0554. The number of amides is 1. The number of sulfone groups is 1. The van der Waals surface area contributed by atoms with Gasteiger partial charge < -0.3 is 19.9 Å². The molecule has 0 unspecified atom stereocenters. The highest BCUT2D eigenvalue weighted by Gasteiger charge is 2.30. The number of aromatic nitrogens is 1. The first-order valence-electron chi connectivity index (χ1n) is 14.1. The van der Waals surface area contributed by atoms with Crippen LogP contribution in [0.2, 0.25) is 0 Å². The van der Waals surface area contributed by atoms with Gasteiger partial charge in [0.15, 0.2) is 9.84 Å². The summed E-state index contributed by atoms with van der Waals surface area (Å²) in [5.74, 6) is 4.80. The number of hydrogen-bond acceptors (Lipinski definition) is 6. The molecule has 0 saturated heterocycles. The minimum atomic E-state index is -4.49. The Hall–Kier alpha value is -3.69. The Bertz CT molecular complexity index is 1650. The SMILES string of the molecule is CCC(=O)N(CC#Cc1cc2c(N[C@H]3CC[C@@H](N(C)C)CC3)cccc2n1CC(F)(F)F)c1ccc(S(C)(=O)=O)cc1O. The second-order valence-electron chi connectivity index (χ2n) is 11.1. The monoisotopic (exact) mass is 618 g/mol. The Labute approximate surface area is 250 Å².